The third-order valence-corrected chi connectivity index (χ3v) is 17.1. The number of carbonyl (C=O) groups excluding carboxylic acids is 2. The van der Waals surface area contributed by atoms with Crippen molar-refractivity contribution in [2.24, 2.45) is 11.8 Å². The van der Waals surface area contributed by atoms with Gasteiger partial charge in [0.1, 0.15) is 23.8 Å². The summed E-state index contributed by atoms with van der Waals surface area (Å²) in [6.07, 6.45) is 15.3. The number of nitrogen functional groups attached to an aromatic ring is 1. The fourth-order valence-corrected chi connectivity index (χ4v) is 12.8. The lowest BCUT2D eigenvalue weighted by atomic mass is 9.91. The van der Waals surface area contributed by atoms with Gasteiger partial charge in [-0.25, -0.2) is 4.98 Å². The molecule has 18 nitrogen and oxygen atoms in total. The molecule has 2 bridgehead atoms. The molecule has 18 heteroatoms. The number of terminal acetylenes is 1. The highest BCUT2D eigenvalue weighted by Crippen LogP contribution is 2.41. The molecule has 6 atom stereocenters. The zero-order chi connectivity index (χ0) is 53.3. The largest absolute Gasteiger partial charge is 0.507 e. The zero-order valence-electron chi connectivity index (χ0n) is 44.5. The molecular weight excluding hydrogens is 975 g/mol. The van der Waals surface area contributed by atoms with Gasteiger partial charge >= 0.3 is 0 Å². The first-order chi connectivity index (χ1) is 37.3. The predicted molar refractivity (Wildman–Crippen MR) is 293 cm³/mol. The van der Waals surface area contributed by atoms with Crippen LogP contribution in [0, 0.1) is 24.2 Å². The third kappa shape index (κ3) is 11.4. The minimum Gasteiger partial charge on any atom is -0.507 e. The van der Waals surface area contributed by atoms with Gasteiger partial charge in [-0.3, -0.25) is 9.59 Å². The molecule has 5 aromatic rings. The lowest BCUT2D eigenvalue weighted by Crippen LogP contribution is -2.54. The number of benzene rings is 2. The molecule has 8 heterocycles. The summed E-state index contributed by atoms with van der Waals surface area (Å²) in [6.45, 7) is 12.4. The number of fused-ring (bicyclic) bond motifs is 2. The van der Waals surface area contributed by atoms with E-state index in [1.807, 2.05) is 75.5 Å². The molecule has 406 valence electrons. The molecule has 5 N–H and O–H groups in total. The zero-order valence-corrected chi connectivity index (χ0v) is 44.5. The SMILES string of the molecule is C#Cc1ccc([C@H](C)NC(=O)[C@@H]2C[C@@H](O)CN2C(=O)[C@H](c2cc(N3CCC(CN4CCC(OC5CC(Oc6cc(N7C8CCC7CN(c7cc(-c9ccccc9O)nnc7N)C8)ccn6)C5)CC4)CC3)no2)C(C)C)cc1. The van der Waals surface area contributed by atoms with Crippen molar-refractivity contribution in [3.63, 3.8) is 0 Å². The molecule has 1 saturated carbocycles. The van der Waals surface area contributed by atoms with Crippen molar-refractivity contribution in [2.45, 2.75) is 133 Å². The Bertz CT molecular complexity index is 2890. The molecule has 1 aliphatic carbocycles. The van der Waals surface area contributed by atoms with E-state index in [1.165, 1.54) is 4.90 Å². The van der Waals surface area contributed by atoms with Crippen molar-refractivity contribution in [3.8, 4) is 35.2 Å². The number of piperazine rings is 1. The monoisotopic (exact) mass is 1050 g/mol. The van der Waals surface area contributed by atoms with Crippen LogP contribution in [0.25, 0.3) is 11.3 Å². The summed E-state index contributed by atoms with van der Waals surface area (Å²) >= 11 is 0. The lowest BCUT2D eigenvalue weighted by molar-refractivity contribution is -0.141. The van der Waals surface area contributed by atoms with E-state index in [1.54, 1.807) is 12.1 Å². The molecule has 11 rings (SSSR count). The van der Waals surface area contributed by atoms with Crippen LogP contribution < -0.4 is 30.5 Å². The first-order valence-corrected chi connectivity index (χ1v) is 27.9. The van der Waals surface area contributed by atoms with Gasteiger partial charge in [-0.05, 0) is 99.2 Å². The second-order valence-corrected chi connectivity index (χ2v) is 22.7. The number of amides is 2. The molecule has 0 radical (unpaired) electrons. The van der Waals surface area contributed by atoms with Gasteiger partial charge in [0.15, 0.2) is 17.4 Å². The number of hydrogen-bond donors (Lipinski definition) is 4. The predicted octanol–water partition coefficient (Wildman–Crippen LogP) is 6.54. The summed E-state index contributed by atoms with van der Waals surface area (Å²) in [4.78, 5) is 43.8. The number of ether oxygens (including phenoxy) is 2. The van der Waals surface area contributed by atoms with Crippen LogP contribution in [0.5, 0.6) is 11.6 Å². The Morgan fingerprint density at radius 2 is 1.60 bits per heavy atom. The van der Waals surface area contributed by atoms with Crippen molar-refractivity contribution in [1.82, 2.24) is 35.5 Å². The van der Waals surface area contributed by atoms with Gasteiger partial charge in [0.2, 0.25) is 17.7 Å². The Labute approximate surface area is 451 Å². The maximum Gasteiger partial charge on any atom is 0.243 e. The molecule has 0 spiro atoms. The molecule has 3 aromatic heterocycles. The Morgan fingerprint density at radius 1 is 0.857 bits per heavy atom. The van der Waals surface area contributed by atoms with Crippen LogP contribution in [0.2, 0.25) is 0 Å². The number of β-amino-alcohol motifs (C(OH)–C–C–N with tert-alkyl or cyclic N) is 1. The van der Waals surface area contributed by atoms with Crippen LogP contribution in [0.15, 0.2) is 83.5 Å². The normalized spacial score (nSPS) is 24.9. The topological polar surface area (TPSA) is 212 Å². The van der Waals surface area contributed by atoms with Crippen LogP contribution in [0.4, 0.5) is 23.0 Å². The molecule has 77 heavy (non-hydrogen) atoms. The smallest absolute Gasteiger partial charge is 0.243 e. The van der Waals surface area contributed by atoms with Gasteiger partial charge in [-0.15, -0.1) is 16.6 Å². The van der Waals surface area contributed by atoms with E-state index in [-0.39, 0.29) is 60.8 Å². The number of anilines is 4. The number of nitrogens with zero attached hydrogens (tertiary/aromatic N) is 9. The van der Waals surface area contributed by atoms with Gasteiger partial charge in [0, 0.05) is 119 Å². The lowest BCUT2D eigenvalue weighted by Gasteiger charge is -2.43. The number of aromatic hydroxyl groups is 1. The maximum absolute atomic E-state index is 14.3. The summed E-state index contributed by atoms with van der Waals surface area (Å²) in [7, 11) is 0. The Balaban J connectivity index is 0.600. The number of rotatable bonds is 16. The quantitative estimate of drug-likeness (QED) is 0.0773. The second-order valence-electron chi connectivity index (χ2n) is 22.7. The molecule has 2 amide bonds. The minimum absolute atomic E-state index is 0.0785. The number of hydrogen-bond acceptors (Lipinski definition) is 16. The van der Waals surface area contributed by atoms with E-state index < -0.39 is 18.1 Å². The van der Waals surface area contributed by atoms with Crippen molar-refractivity contribution in [2.75, 3.05) is 72.8 Å². The number of aromatic nitrogens is 4. The summed E-state index contributed by atoms with van der Waals surface area (Å²) in [6, 6.07) is 22.1. The highest BCUT2D eigenvalue weighted by Gasteiger charge is 2.45. The van der Waals surface area contributed by atoms with Gasteiger partial charge in [-0.1, -0.05) is 49.2 Å². The molecule has 6 aliphatic rings. The van der Waals surface area contributed by atoms with Crippen molar-refractivity contribution in [3.05, 3.63) is 95.9 Å². The fraction of sp³-hybridized carbons (Fsp3) is 0.525. The first-order valence-electron chi connectivity index (χ1n) is 27.9. The highest BCUT2D eigenvalue weighted by molar-refractivity contribution is 5.91. The van der Waals surface area contributed by atoms with Crippen molar-refractivity contribution >= 4 is 34.8 Å². The number of aliphatic hydroxyl groups excluding tert-OH is 1. The average Bonchev–Trinajstić information content (AvgIpc) is 4.24. The number of phenolic OH excluding ortho intramolecular Hbond substituents is 1. The van der Waals surface area contributed by atoms with Crippen molar-refractivity contribution in [1.29, 1.82) is 0 Å². The van der Waals surface area contributed by atoms with Crippen LogP contribution in [0.1, 0.15) is 107 Å². The molecule has 5 saturated heterocycles. The Morgan fingerprint density at radius 3 is 2.31 bits per heavy atom. The molecular formula is C59H73N11O7. The summed E-state index contributed by atoms with van der Waals surface area (Å²) in [5, 5.41) is 37.2. The fourth-order valence-electron chi connectivity index (χ4n) is 12.8. The van der Waals surface area contributed by atoms with Gasteiger partial charge in [-0.2, -0.15) is 0 Å². The van der Waals surface area contributed by atoms with E-state index >= 15 is 0 Å². The number of piperidine rings is 2. The number of carbonyl (C=O) groups is 2. The number of aliphatic hydroxyl groups is 1. The van der Waals surface area contributed by atoms with E-state index in [9.17, 15) is 19.8 Å². The Hall–Kier alpha value is -6.94. The number of pyridine rings is 1. The number of nitrogens with two attached hydrogens (primary N) is 1. The standard InChI is InChI=1S/C59H73N11O7/c1-5-38-10-12-40(13-11-38)37(4)62-58(73)51-27-44(71)35-69(51)59(74)56(36(2)3)53-31-54(65-77-53)67-24-17-39(18-25-67)32-66-22-19-45(20-23-66)75-46-28-47(29-46)76-55-26-41(16-21-61-55)70-42-14-15-43(70)34-68(33-42)50-30-49(63-64-57(50)60)48-8-6-7-9-52(48)72/h1,6-13,16,21,26,30-31,36-37,39,42-47,51,56,71-72H,14-15,17-20,22-25,27-29,32-35H2,2-4H3,(H2,60,64)(H,62,73)/t37-,42?,43?,44+,46?,47?,51-,56-/m0/s1. The van der Waals surface area contributed by atoms with Gasteiger partial charge in [0.25, 0.3) is 0 Å². The van der Waals surface area contributed by atoms with E-state index in [2.05, 4.69) is 63.3 Å². The van der Waals surface area contributed by atoms with Gasteiger partial charge < -0.3 is 59.8 Å². The third-order valence-electron chi connectivity index (χ3n) is 17.1. The minimum atomic E-state index is -0.805. The first kappa shape index (κ1) is 52.1. The van der Waals surface area contributed by atoms with E-state index in [0.717, 1.165) is 125 Å². The number of para-hydroxylation sites is 1. The molecule has 2 unspecified atom stereocenters. The highest BCUT2D eigenvalue weighted by atomic mass is 16.5. The number of phenols is 1. The molecule has 2 aromatic carbocycles. The maximum atomic E-state index is 14.3. The molecule has 5 aliphatic heterocycles. The van der Waals surface area contributed by atoms with E-state index in [4.69, 9.17) is 26.2 Å². The van der Waals surface area contributed by atoms with Crippen LogP contribution in [-0.2, 0) is 14.3 Å². The summed E-state index contributed by atoms with van der Waals surface area (Å²) in [5.74, 6) is 4.28. The average molecular weight is 1050 g/mol. The molecule has 6 fully saturated rings. The summed E-state index contributed by atoms with van der Waals surface area (Å²) in [5.41, 5.74) is 11.3. The Kier molecular flexibility index (Phi) is 15.3. The van der Waals surface area contributed by atoms with Crippen LogP contribution in [0.3, 0.4) is 0 Å². The second kappa shape index (κ2) is 22.6. The number of likely N-dealkylation sites (tertiary alicyclic amines) is 2. The van der Waals surface area contributed by atoms with Gasteiger partial charge in [0.05, 0.1) is 35.7 Å². The summed E-state index contributed by atoms with van der Waals surface area (Å²) < 4.78 is 19.0. The number of nitrogens with one attached hydrogen (secondary N) is 1. The van der Waals surface area contributed by atoms with Crippen LogP contribution in [-0.4, -0.2) is 147 Å². The van der Waals surface area contributed by atoms with E-state index in [0.29, 0.717) is 46.7 Å². The van der Waals surface area contributed by atoms with Crippen LogP contribution >= 0.6 is 0 Å². The van der Waals surface area contributed by atoms with Crippen molar-refractivity contribution < 1.29 is 33.8 Å².